The van der Waals surface area contributed by atoms with Crippen molar-refractivity contribution in [1.82, 2.24) is 10.3 Å². The third kappa shape index (κ3) is 9.96. The van der Waals surface area contributed by atoms with Crippen LogP contribution in [0.1, 0.15) is 32.8 Å². The second-order valence-corrected chi connectivity index (χ2v) is 10.5. The molecule has 1 heterocycles. The van der Waals surface area contributed by atoms with Crippen LogP contribution >= 0.6 is 0 Å². The van der Waals surface area contributed by atoms with E-state index in [1.54, 1.807) is 75.4 Å². The molecule has 0 radical (unpaired) electrons. The van der Waals surface area contributed by atoms with Crippen molar-refractivity contribution in [1.29, 1.82) is 0 Å². The van der Waals surface area contributed by atoms with E-state index in [-0.39, 0.29) is 18.2 Å². The van der Waals surface area contributed by atoms with Crippen LogP contribution in [0.5, 0.6) is 11.5 Å². The van der Waals surface area contributed by atoms with Crippen molar-refractivity contribution < 1.29 is 33.0 Å². The highest BCUT2D eigenvalue weighted by Gasteiger charge is 2.28. The fourth-order valence-electron chi connectivity index (χ4n) is 3.83. The summed E-state index contributed by atoms with van der Waals surface area (Å²) in [6, 6.07) is 25.7. The molecule has 9 nitrogen and oxygen atoms in total. The van der Waals surface area contributed by atoms with Crippen molar-refractivity contribution in [2.75, 3.05) is 5.32 Å². The van der Waals surface area contributed by atoms with E-state index in [0.717, 1.165) is 11.1 Å². The summed E-state index contributed by atoms with van der Waals surface area (Å²) in [5, 5.41) is 5.13. The van der Waals surface area contributed by atoms with E-state index in [1.807, 2.05) is 18.2 Å². The molecule has 0 saturated carbocycles. The largest absolute Gasteiger partial charge is 0.461 e. The molecule has 3 aromatic carbocycles. The van der Waals surface area contributed by atoms with Crippen molar-refractivity contribution in [3.63, 3.8) is 0 Å². The van der Waals surface area contributed by atoms with Gasteiger partial charge in [-0.2, -0.15) is 0 Å². The van der Waals surface area contributed by atoms with E-state index < -0.39 is 36.0 Å². The van der Waals surface area contributed by atoms with E-state index in [9.17, 15) is 18.8 Å². The molecule has 2 N–H and O–H groups in total. The van der Waals surface area contributed by atoms with Gasteiger partial charge in [0.2, 0.25) is 5.91 Å². The van der Waals surface area contributed by atoms with E-state index in [1.165, 1.54) is 24.3 Å². The van der Waals surface area contributed by atoms with Gasteiger partial charge in [0.15, 0.2) is 0 Å². The zero-order chi connectivity index (χ0) is 30.8. The number of benzene rings is 3. The molecule has 43 heavy (non-hydrogen) atoms. The van der Waals surface area contributed by atoms with Crippen LogP contribution in [0, 0.1) is 5.82 Å². The first-order valence-corrected chi connectivity index (χ1v) is 13.5. The lowest BCUT2D eigenvalue weighted by molar-refractivity contribution is -0.146. The highest BCUT2D eigenvalue weighted by molar-refractivity contribution is 5.98. The second kappa shape index (κ2) is 14.1. The van der Waals surface area contributed by atoms with Crippen molar-refractivity contribution in [3.05, 3.63) is 108 Å². The van der Waals surface area contributed by atoms with Crippen LogP contribution in [0.15, 0.2) is 97.1 Å². The lowest BCUT2D eigenvalue weighted by atomic mass is 10.1. The van der Waals surface area contributed by atoms with E-state index in [2.05, 4.69) is 15.6 Å². The minimum Gasteiger partial charge on any atom is -0.461 e. The molecule has 222 valence electrons. The number of pyridine rings is 1. The number of hydrogen-bond donors (Lipinski definition) is 2. The molecule has 0 aliphatic rings. The predicted octanol–water partition coefficient (Wildman–Crippen LogP) is 6.65. The predicted molar refractivity (Wildman–Crippen MR) is 159 cm³/mol. The molecular weight excluding hydrogens is 553 g/mol. The third-order valence-corrected chi connectivity index (χ3v) is 5.82. The number of anilines is 1. The van der Waals surface area contributed by atoms with Crippen LogP contribution in [0.25, 0.3) is 11.3 Å². The van der Waals surface area contributed by atoms with Gasteiger partial charge in [-0.1, -0.05) is 36.4 Å². The number of alkyl carbamates (subject to hydrolysis) is 1. The molecule has 2 amide bonds. The van der Waals surface area contributed by atoms with Crippen LogP contribution in [-0.4, -0.2) is 34.6 Å². The molecule has 1 atom stereocenters. The van der Waals surface area contributed by atoms with Crippen molar-refractivity contribution in [3.8, 4) is 22.8 Å². The fraction of sp³-hybridized carbons (Fsp3) is 0.212. The molecule has 10 heteroatoms. The maximum absolute atomic E-state index is 13.2. The van der Waals surface area contributed by atoms with Crippen LogP contribution in [0.4, 0.5) is 15.0 Å². The number of hydrogen-bond acceptors (Lipinski definition) is 7. The SMILES string of the molecule is CC(C)(C)OC(=O)NC(CC(=O)OCc1ccccc1)C(=O)Nc1cccc(-c2ccc(Oc3ccc(F)cc3)cc2)n1. The molecule has 0 aliphatic heterocycles. The van der Waals surface area contributed by atoms with Gasteiger partial charge in [-0.3, -0.25) is 9.59 Å². The summed E-state index contributed by atoms with van der Waals surface area (Å²) >= 11 is 0. The summed E-state index contributed by atoms with van der Waals surface area (Å²) < 4.78 is 29.5. The van der Waals surface area contributed by atoms with Gasteiger partial charge in [0, 0.05) is 5.56 Å². The lowest BCUT2D eigenvalue weighted by Crippen LogP contribution is -2.47. The summed E-state index contributed by atoms with van der Waals surface area (Å²) in [6.07, 6.45) is -1.28. The summed E-state index contributed by atoms with van der Waals surface area (Å²) in [6.45, 7) is 5.09. The Morgan fingerprint density at radius 3 is 2.14 bits per heavy atom. The van der Waals surface area contributed by atoms with Crippen LogP contribution in [0.3, 0.4) is 0 Å². The molecular formula is C33H32FN3O6. The number of nitrogens with one attached hydrogen (secondary N) is 2. The van der Waals surface area contributed by atoms with Gasteiger partial charge < -0.3 is 24.8 Å². The van der Waals surface area contributed by atoms with Gasteiger partial charge in [0.05, 0.1) is 12.1 Å². The summed E-state index contributed by atoms with van der Waals surface area (Å²) in [7, 11) is 0. The molecule has 0 aliphatic carbocycles. The zero-order valence-electron chi connectivity index (χ0n) is 24.0. The van der Waals surface area contributed by atoms with E-state index >= 15 is 0 Å². The minimum absolute atomic E-state index is 0.0256. The molecule has 4 aromatic rings. The molecule has 0 saturated heterocycles. The topological polar surface area (TPSA) is 116 Å². The smallest absolute Gasteiger partial charge is 0.408 e. The average molecular weight is 586 g/mol. The van der Waals surface area contributed by atoms with Crippen molar-refractivity contribution in [2.24, 2.45) is 0 Å². The molecule has 0 fully saturated rings. The Morgan fingerprint density at radius 2 is 1.49 bits per heavy atom. The Morgan fingerprint density at radius 1 is 0.837 bits per heavy atom. The fourth-order valence-corrected chi connectivity index (χ4v) is 3.83. The Kier molecular flexibility index (Phi) is 10.1. The molecule has 1 aromatic heterocycles. The molecule has 4 rings (SSSR count). The first-order valence-electron chi connectivity index (χ1n) is 13.5. The lowest BCUT2D eigenvalue weighted by Gasteiger charge is -2.23. The Labute approximate surface area is 249 Å². The maximum Gasteiger partial charge on any atom is 0.408 e. The standard InChI is InChI=1S/C33H32FN3O6/c1-33(2,3)43-32(40)36-28(20-30(38)41-21-22-8-5-4-6-9-22)31(39)37-29-11-7-10-27(35-29)23-12-16-25(17-13-23)42-26-18-14-24(34)15-19-26/h4-19,28H,20-21H2,1-3H3,(H,36,40)(H,35,37,39). The summed E-state index contributed by atoms with van der Waals surface area (Å²) in [5.74, 6) is -0.441. The Bertz CT molecular complexity index is 1540. The van der Waals surface area contributed by atoms with Gasteiger partial charge in [0.1, 0.15) is 41.4 Å². The van der Waals surface area contributed by atoms with E-state index in [0.29, 0.717) is 17.2 Å². The number of carbonyl (C=O) groups excluding carboxylic acids is 3. The van der Waals surface area contributed by atoms with Crippen LogP contribution in [-0.2, 0) is 25.7 Å². The number of halogens is 1. The van der Waals surface area contributed by atoms with Crippen LogP contribution < -0.4 is 15.4 Å². The number of esters is 1. The molecule has 0 bridgehead atoms. The summed E-state index contributed by atoms with van der Waals surface area (Å²) in [4.78, 5) is 42.8. The minimum atomic E-state index is -1.29. The third-order valence-electron chi connectivity index (χ3n) is 5.82. The van der Waals surface area contributed by atoms with Crippen molar-refractivity contribution in [2.45, 2.75) is 45.4 Å². The highest BCUT2D eigenvalue weighted by atomic mass is 19.1. The normalized spacial score (nSPS) is 11.6. The number of rotatable bonds is 10. The first-order chi connectivity index (χ1) is 20.5. The quantitative estimate of drug-likeness (QED) is 0.200. The van der Waals surface area contributed by atoms with Crippen LogP contribution in [0.2, 0.25) is 0 Å². The van der Waals surface area contributed by atoms with Gasteiger partial charge in [-0.15, -0.1) is 0 Å². The number of ether oxygens (including phenoxy) is 3. The average Bonchev–Trinajstić information content (AvgIpc) is 2.97. The summed E-state index contributed by atoms with van der Waals surface area (Å²) in [5.41, 5.74) is 1.28. The zero-order valence-corrected chi connectivity index (χ0v) is 24.0. The second-order valence-electron chi connectivity index (χ2n) is 10.5. The molecule has 0 spiro atoms. The first kappa shape index (κ1) is 30.7. The highest BCUT2D eigenvalue weighted by Crippen LogP contribution is 2.26. The van der Waals surface area contributed by atoms with Gasteiger partial charge in [0.25, 0.3) is 0 Å². The van der Waals surface area contributed by atoms with Gasteiger partial charge >= 0.3 is 12.1 Å². The Hall–Kier alpha value is -5.25. The number of nitrogens with zero attached hydrogens (tertiary/aromatic N) is 1. The van der Waals surface area contributed by atoms with Crippen molar-refractivity contribution >= 4 is 23.8 Å². The number of amides is 2. The van der Waals surface area contributed by atoms with Gasteiger partial charge in [-0.25, -0.2) is 14.2 Å². The Balaban J connectivity index is 1.43. The maximum atomic E-state index is 13.2. The van der Waals surface area contributed by atoms with Gasteiger partial charge in [-0.05, 0) is 87.0 Å². The molecule has 1 unspecified atom stereocenters. The monoisotopic (exact) mass is 585 g/mol. The number of aromatic nitrogens is 1. The van der Waals surface area contributed by atoms with E-state index in [4.69, 9.17) is 14.2 Å². The number of carbonyl (C=O) groups is 3.